The number of aryl methyl sites for hydroxylation is 1. The second-order valence-electron chi connectivity index (χ2n) is 5.95. The highest BCUT2D eigenvalue weighted by atomic mass is 127. The molecule has 0 fully saturated rings. The number of hydrogen-bond acceptors (Lipinski definition) is 1. The van der Waals surface area contributed by atoms with Crippen LogP contribution in [0.25, 0.3) is 10.9 Å². The molecular formula is C20H25IN4. The Kier molecular flexibility index (Phi) is 7.31. The fourth-order valence-electron chi connectivity index (χ4n) is 2.77. The van der Waals surface area contributed by atoms with Gasteiger partial charge in [-0.2, -0.15) is 0 Å². The molecule has 1 heterocycles. The number of rotatable bonds is 5. The number of nitrogens with zero attached hydrogens (tertiary/aromatic N) is 1. The Labute approximate surface area is 166 Å². The topological polar surface area (TPSA) is 52.2 Å². The average Bonchev–Trinajstić information content (AvgIpc) is 3.02. The number of halogens is 1. The number of guanidine groups is 1. The van der Waals surface area contributed by atoms with Crippen LogP contribution in [0.4, 0.5) is 0 Å². The number of nitrogens with one attached hydrogen (secondary N) is 3. The van der Waals surface area contributed by atoms with Crippen molar-refractivity contribution in [2.24, 2.45) is 4.99 Å². The zero-order valence-corrected chi connectivity index (χ0v) is 17.0. The Morgan fingerprint density at radius 3 is 2.56 bits per heavy atom. The van der Waals surface area contributed by atoms with E-state index in [9.17, 15) is 0 Å². The minimum Gasteiger partial charge on any atom is -0.361 e. The molecule has 4 nitrogen and oxygen atoms in total. The van der Waals surface area contributed by atoms with Crippen molar-refractivity contribution in [1.82, 2.24) is 15.6 Å². The van der Waals surface area contributed by atoms with Crippen molar-refractivity contribution in [3.63, 3.8) is 0 Å². The van der Waals surface area contributed by atoms with Crippen LogP contribution in [-0.4, -0.2) is 24.5 Å². The van der Waals surface area contributed by atoms with Gasteiger partial charge in [0.1, 0.15) is 0 Å². The van der Waals surface area contributed by atoms with E-state index in [-0.39, 0.29) is 24.0 Å². The van der Waals surface area contributed by atoms with Gasteiger partial charge in [0.25, 0.3) is 0 Å². The maximum absolute atomic E-state index is 4.29. The zero-order chi connectivity index (χ0) is 16.8. The molecule has 5 heteroatoms. The quantitative estimate of drug-likeness (QED) is 0.314. The third-order valence-electron chi connectivity index (χ3n) is 4.17. The summed E-state index contributed by atoms with van der Waals surface area (Å²) in [6, 6.07) is 16.9. The van der Waals surface area contributed by atoms with Gasteiger partial charge in [0.05, 0.1) is 0 Å². The van der Waals surface area contributed by atoms with E-state index < -0.39 is 0 Å². The highest BCUT2D eigenvalue weighted by molar-refractivity contribution is 14.0. The third kappa shape index (κ3) is 5.22. The maximum atomic E-state index is 4.29. The van der Waals surface area contributed by atoms with Crippen molar-refractivity contribution in [3.05, 3.63) is 71.4 Å². The smallest absolute Gasteiger partial charge is 0.191 e. The average molecular weight is 448 g/mol. The lowest BCUT2D eigenvalue weighted by Crippen LogP contribution is -2.37. The lowest BCUT2D eigenvalue weighted by atomic mass is 10.1. The molecule has 0 amide bonds. The number of H-pyrrole nitrogens is 1. The Morgan fingerprint density at radius 2 is 1.80 bits per heavy atom. The van der Waals surface area contributed by atoms with Gasteiger partial charge in [0.15, 0.2) is 5.96 Å². The summed E-state index contributed by atoms with van der Waals surface area (Å²) in [5.74, 6) is 0.829. The molecule has 3 aromatic rings. The molecular weight excluding hydrogens is 423 g/mol. The Bertz CT molecular complexity index is 821. The van der Waals surface area contributed by atoms with Crippen molar-refractivity contribution in [2.45, 2.75) is 19.9 Å². The number of benzene rings is 2. The second-order valence-corrected chi connectivity index (χ2v) is 5.95. The molecule has 1 aromatic heterocycles. The van der Waals surface area contributed by atoms with E-state index >= 15 is 0 Å². The van der Waals surface area contributed by atoms with Crippen LogP contribution in [0.5, 0.6) is 0 Å². The van der Waals surface area contributed by atoms with Crippen LogP contribution in [0.15, 0.2) is 59.7 Å². The Balaban J connectivity index is 0.00000225. The summed E-state index contributed by atoms with van der Waals surface area (Å²) in [5, 5.41) is 8.03. The molecule has 0 aliphatic rings. The highest BCUT2D eigenvalue weighted by Crippen LogP contribution is 2.17. The van der Waals surface area contributed by atoms with E-state index in [4.69, 9.17) is 0 Å². The molecule has 0 spiro atoms. The van der Waals surface area contributed by atoms with Gasteiger partial charge in [0.2, 0.25) is 0 Å². The number of hydrogen-bond donors (Lipinski definition) is 3. The largest absolute Gasteiger partial charge is 0.361 e. The first-order chi connectivity index (χ1) is 11.8. The highest BCUT2D eigenvalue weighted by Gasteiger charge is 2.03. The molecule has 25 heavy (non-hydrogen) atoms. The van der Waals surface area contributed by atoms with Crippen LogP contribution in [0.3, 0.4) is 0 Å². The Morgan fingerprint density at radius 1 is 1.04 bits per heavy atom. The van der Waals surface area contributed by atoms with Crippen molar-refractivity contribution < 1.29 is 0 Å². The lowest BCUT2D eigenvalue weighted by Gasteiger charge is -2.12. The molecule has 0 radical (unpaired) electrons. The molecule has 0 saturated carbocycles. The summed E-state index contributed by atoms with van der Waals surface area (Å²) < 4.78 is 0. The molecule has 0 atom stereocenters. The minimum absolute atomic E-state index is 0. The molecule has 0 aliphatic heterocycles. The summed E-state index contributed by atoms with van der Waals surface area (Å²) in [4.78, 5) is 7.61. The van der Waals surface area contributed by atoms with Gasteiger partial charge in [0, 0.05) is 37.2 Å². The molecule has 3 rings (SSSR count). The van der Waals surface area contributed by atoms with Crippen LogP contribution in [-0.2, 0) is 13.0 Å². The van der Waals surface area contributed by atoms with E-state index in [1.165, 1.54) is 27.6 Å². The monoisotopic (exact) mass is 448 g/mol. The van der Waals surface area contributed by atoms with Crippen LogP contribution in [0.2, 0.25) is 0 Å². The van der Waals surface area contributed by atoms with E-state index in [0.717, 1.165) is 25.5 Å². The molecule has 0 unspecified atom stereocenters. The van der Waals surface area contributed by atoms with Gasteiger partial charge in [-0.1, -0.05) is 48.0 Å². The normalized spacial score (nSPS) is 11.2. The maximum Gasteiger partial charge on any atom is 0.191 e. The van der Waals surface area contributed by atoms with Crippen LogP contribution < -0.4 is 10.6 Å². The second kappa shape index (κ2) is 9.46. The van der Waals surface area contributed by atoms with Crippen molar-refractivity contribution in [3.8, 4) is 0 Å². The summed E-state index contributed by atoms with van der Waals surface area (Å²) in [7, 11) is 1.80. The van der Waals surface area contributed by atoms with Crippen molar-refractivity contribution in [2.75, 3.05) is 13.6 Å². The van der Waals surface area contributed by atoms with Crippen LogP contribution >= 0.6 is 24.0 Å². The van der Waals surface area contributed by atoms with Crippen molar-refractivity contribution in [1.29, 1.82) is 0 Å². The summed E-state index contributed by atoms with van der Waals surface area (Å²) in [6.07, 6.45) is 3.05. The number of aliphatic imine (C=N–C) groups is 1. The van der Waals surface area contributed by atoms with Crippen LogP contribution in [0, 0.1) is 6.92 Å². The number of para-hydroxylation sites is 1. The fraction of sp³-hybridized carbons (Fsp3) is 0.250. The predicted octanol–water partition coefficient (Wildman–Crippen LogP) is 4.00. The predicted molar refractivity (Wildman–Crippen MR) is 117 cm³/mol. The minimum atomic E-state index is 0. The molecule has 0 bridgehead atoms. The van der Waals surface area contributed by atoms with E-state index in [2.05, 4.69) is 82.3 Å². The van der Waals surface area contributed by atoms with Gasteiger partial charge >= 0.3 is 0 Å². The standard InChI is InChI=1S/C20H24N4.HI/c1-15-7-9-16(10-8-15)13-24-20(21-2)22-12-11-17-14-23-19-6-4-3-5-18(17)19;/h3-10,14,23H,11-13H2,1-2H3,(H2,21,22,24);1H. The summed E-state index contributed by atoms with van der Waals surface area (Å²) >= 11 is 0. The number of aromatic amines is 1. The van der Waals surface area contributed by atoms with Crippen LogP contribution in [0.1, 0.15) is 16.7 Å². The first-order valence-electron chi connectivity index (χ1n) is 8.31. The van der Waals surface area contributed by atoms with Gasteiger partial charge in [-0.05, 0) is 30.5 Å². The van der Waals surface area contributed by atoms with Gasteiger partial charge < -0.3 is 15.6 Å². The SMILES string of the molecule is CN=C(NCCc1c[nH]c2ccccc12)NCc1ccc(C)cc1.I. The first kappa shape index (κ1) is 19.3. The van der Waals surface area contributed by atoms with E-state index in [0.29, 0.717) is 0 Å². The Hall–Kier alpha value is -2.02. The zero-order valence-electron chi connectivity index (χ0n) is 14.7. The van der Waals surface area contributed by atoms with E-state index in [1.807, 2.05) is 0 Å². The molecule has 3 N–H and O–H groups in total. The lowest BCUT2D eigenvalue weighted by molar-refractivity contribution is 0.796. The summed E-state index contributed by atoms with van der Waals surface area (Å²) in [6.45, 7) is 3.71. The fourth-order valence-corrected chi connectivity index (χ4v) is 2.77. The molecule has 0 saturated heterocycles. The molecule has 132 valence electrons. The first-order valence-corrected chi connectivity index (χ1v) is 8.31. The van der Waals surface area contributed by atoms with E-state index in [1.54, 1.807) is 7.05 Å². The summed E-state index contributed by atoms with van der Waals surface area (Å²) in [5.41, 5.74) is 5.04. The molecule has 2 aromatic carbocycles. The number of fused-ring (bicyclic) bond motifs is 1. The van der Waals surface area contributed by atoms with Gasteiger partial charge in [-0.25, -0.2) is 0 Å². The molecule has 0 aliphatic carbocycles. The van der Waals surface area contributed by atoms with Gasteiger partial charge in [-0.3, -0.25) is 4.99 Å². The van der Waals surface area contributed by atoms with Gasteiger partial charge in [-0.15, -0.1) is 24.0 Å². The van der Waals surface area contributed by atoms with Crippen molar-refractivity contribution >= 4 is 40.8 Å². The number of aromatic nitrogens is 1. The third-order valence-corrected chi connectivity index (χ3v) is 4.17.